The number of carboxylic acids is 2. The standard InChI is InChI=1S/C17H19ClFNO4/c1-3-10-13(8-7-12(19)14(10)18)20(9-5-6-9)15(17(23)24)11(4-2)16(21)22/h7-9H,3-6H2,1-2H3,(H,21,22)(H,23,24). The Labute approximate surface area is 144 Å². The molecule has 2 rings (SSSR count). The zero-order valence-corrected chi connectivity index (χ0v) is 14.2. The van der Waals surface area contributed by atoms with Crippen LogP contribution in [0.15, 0.2) is 23.4 Å². The smallest absolute Gasteiger partial charge is 0.353 e. The number of carboxylic acid groups (broad SMARTS) is 2. The summed E-state index contributed by atoms with van der Waals surface area (Å²) in [5.41, 5.74) is 0.473. The van der Waals surface area contributed by atoms with Gasteiger partial charge in [0.1, 0.15) is 11.5 Å². The number of aliphatic carboxylic acids is 2. The van der Waals surface area contributed by atoms with Crippen molar-refractivity contribution in [1.82, 2.24) is 0 Å². The molecule has 0 unspecified atom stereocenters. The van der Waals surface area contributed by atoms with Crippen LogP contribution in [-0.2, 0) is 16.0 Å². The van der Waals surface area contributed by atoms with Crippen LogP contribution in [0, 0.1) is 5.82 Å². The van der Waals surface area contributed by atoms with Gasteiger partial charge in [0.2, 0.25) is 0 Å². The van der Waals surface area contributed by atoms with E-state index in [-0.39, 0.29) is 28.8 Å². The normalized spacial score (nSPS) is 15.0. The summed E-state index contributed by atoms with van der Waals surface area (Å²) in [5, 5.41) is 19.0. The van der Waals surface area contributed by atoms with E-state index in [1.54, 1.807) is 13.8 Å². The molecule has 1 aromatic carbocycles. The second-order valence-corrected chi connectivity index (χ2v) is 5.98. The molecule has 0 heterocycles. The number of halogens is 2. The van der Waals surface area contributed by atoms with E-state index in [4.69, 9.17) is 11.6 Å². The molecule has 7 heteroatoms. The molecule has 0 bridgehead atoms. The van der Waals surface area contributed by atoms with Crippen molar-refractivity contribution in [3.63, 3.8) is 0 Å². The molecule has 1 fully saturated rings. The summed E-state index contributed by atoms with van der Waals surface area (Å²) in [6, 6.07) is 2.53. The molecule has 0 atom stereocenters. The van der Waals surface area contributed by atoms with Crippen LogP contribution < -0.4 is 4.90 Å². The minimum Gasteiger partial charge on any atom is -0.478 e. The third-order valence-corrected chi connectivity index (χ3v) is 4.45. The average molecular weight is 356 g/mol. The molecular weight excluding hydrogens is 337 g/mol. The quantitative estimate of drug-likeness (QED) is 0.726. The van der Waals surface area contributed by atoms with E-state index in [2.05, 4.69) is 0 Å². The predicted octanol–water partition coefficient (Wildman–Crippen LogP) is 3.84. The fourth-order valence-electron chi connectivity index (χ4n) is 2.77. The van der Waals surface area contributed by atoms with E-state index >= 15 is 0 Å². The minimum atomic E-state index is -1.32. The Morgan fingerprint density at radius 3 is 2.29 bits per heavy atom. The van der Waals surface area contributed by atoms with Crippen LogP contribution in [0.3, 0.4) is 0 Å². The molecular formula is C17H19ClFNO4. The highest BCUT2D eigenvalue weighted by atomic mass is 35.5. The molecule has 1 aliphatic carbocycles. The first kappa shape index (κ1) is 18.3. The number of rotatable bonds is 7. The van der Waals surface area contributed by atoms with Gasteiger partial charge < -0.3 is 15.1 Å². The van der Waals surface area contributed by atoms with Crippen molar-refractivity contribution in [3.05, 3.63) is 39.8 Å². The van der Waals surface area contributed by atoms with Gasteiger partial charge in [-0.15, -0.1) is 0 Å². The van der Waals surface area contributed by atoms with E-state index in [1.807, 2.05) is 0 Å². The highest BCUT2D eigenvalue weighted by Crippen LogP contribution is 2.40. The van der Waals surface area contributed by atoms with Crippen molar-refractivity contribution in [3.8, 4) is 0 Å². The van der Waals surface area contributed by atoms with Crippen LogP contribution >= 0.6 is 11.6 Å². The molecule has 0 aliphatic heterocycles. The number of benzene rings is 1. The van der Waals surface area contributed by atoms with Gasteiger partial charge in [-0.1, -0.05) is 25.4 Å². The fraction of sp³-hybridized carbons (Fsp3) is 0.412. The zero-order valence-electron chi connectivity index (χ0n) is 13.5. The Balaban J connectivity index is 2.72. The molecule has 1 saturated carbocycles. The van der Waals surface area contributed by atoms with Gasteiger partial charge in [-0.2, -0.15) is 0 Å². The minimum absolute atomic E-state index is 0.0567. The molecule has 1 aliphatic rings. The van der Waals surface area contributed by atoms with E-state index in [0.29, 0.717) is 17.7 Å². The maximum atomic E-state index is 13.8. The summed E-state index contributed by atoms with van der Waals surface area (Å²) < 4.78 is 13.8. The highest BCUT2D eigenvalue weighted by Gasteiger charge is 2.38. The van der Waals surface area contributed by atoms with Crippen LogP contribution in [0.5, 0.6) is 0 Å². The van der Waals surface area contributed by atoms with Crippen LogP contribution in [0.25, 0.3) is 0 Å². The monoisotopic (exact) mass is 355 g/mol. The number of nitrogens with zero attached hydrogens (tertiary/aromatic N) is 1. The van der Waals surface area contributed by atoms with Crippen LogP contribution in [0.1, 0.15) is 38.7 Å². The lowest BCUT2D eigenvalue weighted by molar-refractivity contribution is -0.136. The Bertz CT molecular complexity index is 713. The van der Waals surface area contributed by atoms with Gasteiger partial charge in [-0.25, -0.2) is 14.0 Å². The lowest BCUT2D eigenvalue weighted by atomic mass is 10.0. The molecule has 0 saturated heterocycles. The summed E-state index contributed by atoms with van der Waals surface area (Å²) >= 11 is 6.05. The van der Waals surface area contributed by atoms with Gasteiger partial charge in [0.25, 0.3) is 0 Å². The molecule has 0 spiro atoms. The average Bonchev–Trinajstić information content (AvgIpc) is 3.34. The van der Waals surface area contributed by atoms with E-state index in [1.165, 1.54) is 17.0 Å². The molecule has 0 aromatic heterocycles. The van der Waals surface area contributed by atoms with Crippen molar-refractivity contribution >= 4 is 29.2 Å². The summed E-state index contributed by atoms with van der Waals surface area (Å²) in [4.78, 5) is 24.8. The van der Waals surface area contributed by atoms with Crippen molar-refractivity contribution in [2.24, 2.45) is 0 Å². The summed E-state index contributed by atoms with van der Waals surface area (Å²) in [5.74, 6) is -3.17. The van der Waals surface area contributed by atoms with Gasteiger partial charge >= 0.3 is 11.9 Å². The van der Waals surface area contributed by atoms with Crippen molar-refractivity contribution in [2.45, 2.75) is 45.6 Å². The van der Waals surface area contributed by atoms with Gasteiger partial charge in [0, 0.05) is 11.7 Å². The van der Waals surface area contributed by atoms with Crippen LogP contribution in [-0.4, -0.2) is 28.2 Å². The Morgan fingerprint density at radius 2 is 1.88 bits per heavy atom. The Kier molecular flexibility index (Phi) is 5.49. The van der Waals surface area contributed by atoms with E-state index in [0.717, 1.165) is 12.8 Å². The number of hydrogen-bond donors (Lipinski definition) is 2. The molecule has 130 valence electrons. The first-order valence-electron chi connectivity index (χ1n) is 7.79. The van der Waals surface area contributed by atoms with E-state index < -0.39 is 17.8 Å². The molecule has 2 N–H and O–H groups in total. The van der Waals surface area contributed by atoms with Crippen molar-refractivity contribution in [2.75, 3.05) is 4.90 Å². The van der Waals surface area contributed by atoms with Crippen LogP contribution in [0.2, 0.25) is 5.02 Å². The van der Waals surface area contributed by atoms with Gasteiger partial charge in [0.15, 0.2) is 0 Å². The number of hydrogen-bond acceptors (Lipinski definition) is 3. The summed E-state index contributed by atoms with van der Waals surface area (Å²) in [6.45, 7) is 3.38. The van der Waals surface area contributed by atoms with Gasteiger partial charge in [-0.3, -0.25) is 0 Å². The third kappa shape index (κ3) is 3.38. The third-order valence-electron chi connectivity index (χ3n) is 4.04. The second kappa shape index (κ2) is 7.21. The second-order valence-electron chi connectivity index (χ2n) is 5.60. The predicted molar refractivity (Wildman–Crippen MR) is 88.9 cm³/mol. The fourth-order valence-corrected chi connectivity index (χ4v) is 3.07. The lowest BCUT2D eigenvalue weighted by Gasteiger charge is -2.29. The summed E-state index contributed by atoms with van der Waals surface area (Å²) in [6.07, 6.45) is 1.95. The van der Waals surface area contributed by atoms with Crippen LogP contribution in [0.4, 0.5) is 10.1 Å². The number of anilines is 1. The molecule has 1 aromatic rings. The molecule has 24 heavy (non-hydrogen) atoms. The summed E-state index contributed by atoms with van der Waals surface area (Å²) in [7, 11) is 0. The largest absolute Gasteiger partial charge is 0.478 e. The first-order chi connectivity index (χ1) is 11.3. The maximum Gasteiger partial charge on any atom is 0.353 e. The SMILES string of the molecule is CCC(C(=O)O)=C(C(=O)O)N(c1ccc(F)c(Cl)c1CC)C1CC1. The molecule has 0 amide bonds. The topological polar surface area (TPSA) is 77.8 Å². The van der Waals surface area contributed by atoms with Gasteiger partial charge in [-0.05, 0) is 43.4 Å². The molecule has 0 radical (unpaired) electrons. The molecule has 5 nitrogen and oxygen atoms in total. The van der Waals surface area contributed by atoms with Gasteiger partial charge in [0.05, 0.1) is 10.6 Å². The number of carbonyl (C=O) groups is 2. The van der Waals surface area contributed by atoms with Crippen molar-refractivity contribution < 1.29 is 24.2 Å². The maximum absolute atomic E-state index is 13.8. The lowest BCUT2D eigenvalue weighted by Crippen LogP contribution is -2.33. The highest BCUT2D eigenvalue weighted by molar-refractivity contribution is 6.32. The zero-order chi connectivity index (χ0) is 18.0. The Hall–Kier alpha value is -2.08. The van der Waals surface area contributed by atoms with Crippen molar-refractivity contribution in [1.29, 1.82) is 0 Å². The first-order valence-corrected chi connectivity index (χ1v) is 8.17. The van der Waals surface area contributed by atoms with E-state index in [9.17, 15) is 24.2 Å². The Morgan fingerprint density at radius 1 is 1.25 bits per heavy atom.